The fraction of sp³-hybridized carbons (Fsp3) is 0.167. The monoisotopic (exact) mass is 143 g/mol. The highest BCUT2D eigenvalue weighted by Crippen LogP contribution is 2.11. The molecular weight excluding hydrogens is 137 g/mol. The van der Waals surface area contributed by atoms with E-state index >= 15 is 0 Å². The summed E-state index contributed by atoms with van der Waals surface area (Å²) in [5, 5.41) is 17.2. The van der Waals surface area contributed by atoms with Crippen molar-refractivity contribution in [3.63, 3.8) is 0 Å². The lowest BCUT2D eigenvalue weighted by molar-refractivity contribution is 0.273. The Hall–Kier alpha value is -1.16. The number of aromatic hydroxyl groups is 1. The van der Waals surface area contributed by atoms with Crippen LogP contribution in [-0.2, 0) is 6.61 Å². The zero-order valence-electron chi connectivity index (χ0n) is 5.08. The van der Waals surface area contributed by atoms with Gasteiger partial charge in [-0.15, -0.1) is 0 Å². The maximum atomic E-state index is 12.4. The molecule has 0 unspecified atom stereocenters. The van der Waals surface area contributed by atoms with Crippen molar-refractivity contribution in [2.75, 3.05) is 0 Å². The fourth-order valence-corrected chi connectivity index (χ4v) is 0.592. The molecule has 0 amide bonds. The quantitative estimate of drug-likeness (QED) is 0.560. The third-order valence-corrected chi connectivity index (χ3v) is 1.07. The van der Waals surface area contributed by atoms with E-state index in [0.29, 0.717) is 0 Å². The number of pyridine rings is 1. The highest BCUT2D eigenvalue weighted by molar-refractivity contribution is 5.22. The second-order valence-electron chi connectivity index (χ2n) is 1.80. The van der Waals surface area contributed by atoms with Gasteiger partial charge in [-0.1, -0.05) is 0 Å². The van der Waals surface area contributed by atoms with Gasteiger partial charge in [0.1, 0.15) is 5.75 Å². The van der Waals surface area contributed by atoms with E-state index in [4.69, 9.17) is 10.2 Å². The first-order valence-electron chi connectivity index (χ1n) is 2.68. The summed E-state index contributed by atoms with van der Waals surface area (Å²) in [5.41, 5.74) is 0.000000000000000222. The Balaban J connectivity index is 3.09. The van der Waals surface area contributed by atoms with Crippen molar-refractivity contribution in [1.29, 1.82) is 0 Å². The lowest BCUT2D eigenvalue weighted by Gasteiger charge is -1.96. The number of hydrogen-bond donors (Lipinski definition) is 2. The molecular formula is C6H6FNO2. The Kier molecular flexibility index (Phi) is 1.82. The van der Waals surface area contributed by atoms with Gasteiger partial charge in [0.25, 0.3) is 0 Å². The van der Waals surface area contributed by atoms with Gasteiger partial charge in [0.15, 0.2) is 0 Å². The maximum absolute atomic E-state index is 12.4. The zero-order valence-corrected chi connectivity index (χ0v) is 5.08. The summed E-state index contributed by atoms with van der Waals surface area (Å²) in [5.74, 6) is -0.897. The summed E-state index contributed by atoms with van der Waals surface area (Å²) in [6.45, 7) is -0.451. The molecule has 0 spiro atoms. The summed E-state index contributed by atoms with van der Waals surface area (Å²) in [6.07, 6.45) is 0.981. The molecule has 1 aromatic rings. The Morgan fingerprint density at radius 3 is 2.80 bits per heavy atom. The second kappa shape index (κ2) is 2.62. The average molecular weight is 143 g/mol. The number of nitrogens with zero attached hydrogens (tertiary/aromatic N) is 1. The van der Waals surface area contributed by atoms with Crippen LogP contribution in [0.15, 0.2) is 12.3 Å². The van der Waals surface area contributed by atoms with Crippen LogP contribution in [-0.4, -0.2) is 15.2 Å². The third kappa shape index (κ3) is 1.22. The van der Waals surface area contributed by atoms with E-state index in [1.807, 2.05) is 0 Å². The average Bonchev–Trinajstić information content (AvgIpc) is 1.94. The highest BCUT2D eigenvalue weighted by atomic mass is 19.1. The van der Waals surface area contributed by atoms with Crippen LogP contribution in [0.4, 0.5) is 4.39 Å². The van der Waals surface area contributed by atoms with E-state index in [-0.39, 0.29) is 11.3 Å². The van der Waals surface area contributed by atoms with Crippen LogP contribution in [0.5, 0.6) is 5.75 Å². The Morgan fingerprint density at radius 2 is 2.30 bits per heavy atom. The van der Waals surface area contributed by atoms with Crippen molar-refractivity contribution in [2.45, 2.75) is 6.61 Å². The molecule has 2 N–H and O–H groups in total. The molecule has 0 fully saturated rings. The first kappa shape index (κ1) is 6.95. The van der Waals surface area contributed by atoms with Crippen molar-refractivity contribution >= 4 is 0 Å². The van der Waals surface area contributed by atoms with Gasteiger partial charge in [-0.3, -0.25) is 0 Å². The molecule has 3 nitrogen and oxygen atoms in total. The van der Waals surface area contributed by atoms with Crippen LogP contribution < -0.4 is 0 Å². The first-order chi connectivity index (χ1) is 4.74. The topological polar surface area (TPSA) is 53.4 Å². The summed E-state index contributed by atoms with van der Waals surface area (Å²) >= 11 is 0. The Labute approximate surface area is 56.8 Å². The van der Waals surface area contributed by atoms with Crippen LogP contribution in [0.25, 0.3) is 0 Å². The number of halogens is 1. The maximum Gasteiger partial charge on any atom is 0.218 e. The van der Waals surface area contributed by atoms with Crippen molar-refractivity contribution in [2.24, 2.45) is 0 Å². The zero-order chi connectivity index (χ0) is 7.56. The molecule has 0 bridgehead atoms. The number of rotatable bonds is 1. The lowest BCUT2D eigenvalue weighted by Crippen LogP contribution is -1.91. The van der Waals surface area contributed by atoms with Gasteiger partial charge in [0.2, 0.25) is 5.95 Å². The first-order valence-corrected chi connectivity index (χ1v) is 2.68. The number of aliphatic hydroxyl groups excluding tert-OH is 1. The number of aliphatic hydroxyl groups is 1. The molecule has 4 heteroatoms. The third-order valence-electron chi connectivity index (χ3n) is 1.07. The summed E-state index contributed by atoms with van der Waals surface area (Å²) in [4.78, 5) is 3.17. The molecule has 0 aliphatic rings. The van der Waals surface area contributed by atoms with Crippen molar-refractivity contribution in [3.05, 3.63) is 23.8 Å². The van der Waals surface area contributed by atoms with E-state index in [0.717, 1.165) is 12.3 Å². The standard InChI is InChI=1S/C6H6FNO2/c7-6-4(3-9)1-5(10)2-8-6/h1-2,9-10H,3H2. The Morgan fingerprint density at radius 1 is 1.60 bits per heavy atom. The van der Waals surface area contributed by atoms with Gasteiger partial charge in [-0.05, 0) is 6.07 Å². The summed E-state index contributed by atoms with van der Waals surface area (Å²) < 4.78 is 12.4. The lowest BCUT2D eigenvalue weighted by atomic mass is 10.3. The van der Waals surface area contributed by atoms with Gasteiger partial charge in [-0.2, -0.15) is 4.39 Å². The minimum Gasteiger partial charge on any atom is -0.506 e. The van der Waals surface area contributed by atoms with E-state index < -0.39 is 12.6 Å². The van der Waals surface area contributed by atoms with Gasteiger partial charge in [-0.25, -0.2) is 4.98 Å². The summed E-state index contributed by atoms with van der Waals surface area (Å²) in [7, 11) is 0. The minimum atomic E-state index is -0.750. The molecule has 0 aliphatic heterocycles. The molecule has 1 aromatic heterocycles. The molecule has 0 saturated heterocycles. The molecule has 1 rings (SSSR count). The fourth-order valence-electron chi connectivity index (χ4n) is 0.592. The number of aromatic nitrogens is 1. The van der Waals surface area contributed by atoms with Crippen LogP contribution in [0, 0.1) is 5.95 Å². The van der Waals surface area contributed by atoms with Crippen molar-refractivity contribution in [1.82, 2.24) is 4.98 Å². The molecule has 1 heterocycles. The molecule has 0 aromatic carbocycles. The van der Waals surface area contributed by atoms with Crippen LogP contribution >= 0.6 is 0 Å². The highest BCUT2D eigenvalue weighted by Gasteiger charge is 2.01. The SMILES string of the molecule is OCc1cc(O)cnc1F. The minimum absolute atomic E-state index is 0.000000000000000222. The predicted molar refractivity (Wildman–Crippen MR) is 31.8 cm³/mol. The second-order valence-corrected chi connectivity index (χ2v) is 1.80. The van der Waals surface area contributed by atoms with Crippen molar-refractivity contribution in [3.8, 4) is 5.75 Å². The molecule has 0 aliphatic carbocycles. The van der Waals surface area contributed by atoms with E-state index in [9.17, 15) is 4.39 Å². The van der Waals surface area contributed by atoms with Crippen molar-refractivity contribution < 1.29 is 14.6 Å². The predicted octanol–water partition coefficient (Wildman–Crippen LogP) is 0.419. The van der Waals surface area contributed by atoms with E-state index in [1.54, 1.807) is 0 Å². The number of hydrogen-bond acceptors (Lipinski definition) is 3. The van der Waals surface area contributed by atoms with Crippen LogP contribution in [0.2, 0.25) is 0 Å². The molecule has 0 radical (unpaired) electrons. The molecule has 0 saturated carbocycles. The van der Waals surface area contributed by atoms with Gasteiger partial charge in [0, 0.05) is 5.56 Å². The van der Waals surface area contributed by atoms with Crippen LogP contribution in [0.3, 0.4) is 0 Å². The van der Waals surface area contributed by atoms with Gasteiger partial charge < -0.3 is 10.2 Å². The molecule has 0 atom stereocenters. The van der Waals surface area contributed by atoms with Gasteiger partial charge >= 0.3 is 0 Å². The normalized spacial score (nSPS) is 9.80. The molecule has 10 heavy (non-hydrogen) atoms. The van der Waals surface area contributed by atoms with Gasteiger partial charge in [0.05, 0.1) is 12.8 Å². The Bertz CT molecular complexity index is 239. The van der Waals surface area contributed by atoms with Crippen LogP contribution in [0.1, 0.15) is 5.56 Å². The largest absolute Gasteiger partial charge is 0.506 e. The van der Waals surface area contributed by atoms with E-state index in [2.05, 4.69) is 4.98 Å². The molecule has 54 valence electrons. The van der Waals surface area contributed by atoms with E-state index in [1.165, 1.54) is 0 Å². The smallest absolute Gasteiger partial charge is 0.218 e. The summed E-state index contributed by atoms with van der Waals surface area (Å²) in [6, 6.07) is 1.13.